The first-order valence-corrected chi connectivity index (χ1v) is 4.89. The van der Waals surface area contributed by atoms with Crippen molar-refractivity contribution in [2.24, 2.45) is 0 Å². The maximum absolute atomic E-state index is 12.9. The van der Waals surface area contributed by atoms with Crippen LogP contribution in [0.4, 0.5) is 4.39 Å². The van der Waals surface area contributed by atoms with Crippen LogP contribution >= 0.6 is 15.9 Å². The number of rotatable bonds is 1. The fraction of sp³-hybridized carbons (Fsp3) is 0.333. The standard InChI is InChI=1S/C9H8BrFO3/c10-6-4-7(11)8(12)3-5(6)9-13-1-2-14-9/h3-4,9,12H,1-2H2. The van der Waals surface area contributed by atoms with Crippen LogP contribution < -0.4 is 0 Å². The third-order valence-corrected chi connectivity index (χ3v) is 2.63. The third-order valence-electron chi connectivity index (χ3n) is 1.94. The second-order valence-electron chi connectivity index (χ2n) is 2.90. The predicted molar refractivity (Wildman–Crippen MR) is 50.4 cm³/mol. The summed E-state index contributed by atoms with van der Waals surface area (Å²) in [5.74, 6) is -1.07. The lowest BCUT2D eigenvalue weighted by molar-refractivity contribution is -0.0448. The maximum Gasteiger partial charge on any atom is 0.185 e. The van der Waals surface area contributed by atoms with Crippen molar-refractivity contribution in [2.75, 3.05) is 13.2 Å². The lowest BCUT2D eigenvalue weighted by Crippen LogP contribution is -1.99. The molecule has 0 spiro atoms. The summed E-state index contributed by atoms with van der Waals surface area (Å²) in [5, 5.41) is 9.18. The second kappa shape index (κ2) is 3.84. The number of halogens is 2. The molecule has 2 rings (SSSR count). The molecule has 1 aliphatic rings. The molecule has 3 nitrogen and oxygen atoms in total. The van der Waals surface area contributed by atoms with Crippen LogP contribution in [0.5, 0.6) is 5.75 Å². The van der Waals surface area contributed by atoms with Crippen molar-refractivity contribution < 1.29 is 19.0 Å². The number of hydrogen-bond donors (Lipinski definition) is 1. The molecule has 0 aliphatic carbocycles. The Hall–Kier alpha value is -0.650. The predicted octanol–water partition coefficient (Wildman–Crippen LogP) is 2.34. The minimum Gasteiger partial charge on any atom is -0.505 e. The normalized spacial score (nSPS) is 17.6. The van der Waals surface area contributed by atoms with Gasteiger partial charge in [0.1, 0.15) is 0 Å². The average Bonchev–Trinajstić information content (AvgIpc) is 2.64. The summed E-state index contributed by atoms with van der Waals surface area (Å²) in [5.41, 5.74) is 0.599. The van der Waals surface area contributed by atoms with Crippen LogP contribution in [0.1, 0.15) is 11.9 Å². The molecule has 0 saturated carbocycles. The summed E-state index contributed by atoms with van der Waals surface area (Å²) in [6, 6.07) is 2.49. The van der Waals surface area contributed by atoms with E-state index in [0.29, 0.717) is 23.2 Å². The quantitative estimate of drug-likeness (QED) is 0.845. The van der Waals surface area contributed by atoms with E-state index in [2.05, 4.69) is 15.9 Å². The van der Waals surface area contributed by atoms with E-state index in [0.717, 1.165) is 0 Å². The lowest BCUT2D eigenvalue weighted by Gasteiger charge is -2.11. The van der Waals surface area contributed by atoms with Crippen LogP contribution in [0.3, 0.4) is 0 Å². The number of aromatic hydroxyl groups is 1. The highest BCUT2D eigenvalue weighted by Crippen LogP contribution is 2.33. The molecule has 1 aromatic rings. The van der Waals surface area contributed by atoms with Crippen LogP contribution in [0.25, 0.3) is 0 Å². The number of ether oxygens (including phenoxy) is 2. The summed E-state index contributed by atoms with van der Waals surface area (Å²) < 4.78 is 23.9. The zero-order valence-corrected chi connectivity index (χ0v) is 8.75. The van der Waals surface area contributed by atoms with Crippen molar-refractivity contribution in [3.63, 3.8) is 0 Å². The molecular weight excluding hydrogens is 255 g/mol. The molecule has 0 radical (unpaired) electrons. The molecule has 1 aromatic carbocycles. The van der Waals surface area contributed by atoms with Crippen molar-refractivity contribution >= 4 is 15.9 Å². The van der Waals surface area contributed by atoms with Gasteiger partial charge < -0.3 is 14.6 Å². The van der Waals surface area contributed by atoms with Crippen LogP contribution in [-0.2, 0) is 9.47 Å². The molecule has 1 fully saturated rings. The van der Waals surface area contributed by atoms with Gasteiger partial charge in [0.05, 0.1) is 13.2 Å². The molecule has 1 heterocycles. The second-order valence-corrected chi connectivity index (χ2v) is 3.75. The Balaban J connectivity index is 2.37. The highest BCUT2D eigenvalue weighted by atomic mass is 79.9. The zero-order chi connectivity index (χ0) is 10.1. The monoisotopic (exact) mass is 262 g/mol. The van der Waals surface area contributed by atoms with Gasteiger partial charge in [-0.15, -0.1) is 0 Å². The molecule has 1 saturated heterocycles. The molecule has 14 heavy (non-hydrogen) atoms. The topological polar surface area (TPSA) is 38.7 Å². The molecule has 0 unspecified atom stereocenters. The smallest absolute Gasteiger partial charge is 0.185 e. The van der Waals surface area contributed by atoms with Gasteiger partial charge in [-0.2, -0.15) is 0 Å². The van der Waals surface area contributed by atoms with E-state index in [9.17, 15) is 9.50 Å². The number of phenols is 1. The molecule has 76 valence electrons. The SMILES string of the molecule is Oc1cc(C2OCCO2)c(Br)cc1F. The van der Waals surface area contributed by atoms with E-state index in [4.69, 9.17) is 9.47 Å². The van der Waals surface area contributed by atoms with Crippen molar-refractivity contribution in [3.05, 3.63) is 28.0 Å². The average molecular weight is 263 g/mol. The zero-order valence-electron chi connectivity index (χ0n) is 7.17. The number of benzene rings is 1. The summed E-state index contributed by atoms with van der Waals surface area (Å²) in [4.78, 5) is 0. The van der Waals surface area contributed by atoms with Crippen molar-refractivity contribution in [1.82, 2.24) is 0 Å². The van der Waals surface area contributed by atoms with Crippen LogP contribution in [0.15, 0.2) is 16.6 Å². The van der Waals surface area contributed by atoms with Gasteiger partial charge in [0, 0.05) is 10.0 Å². The summed E-state index contributed by atoms with van der Waals surface area (Å²) in [6.45, 7) is 1.02. The van der Waals surface area contributed by atoms with Crippen molar-refractivity contribution in [1.29, 1.82) is 0 Å². The third kappa shape index (κ3) is 1.75. The van der Waals surface area contributed by atoms with Gasteiger partial charge >= 0.3 is 0 Å². The van der Waals surface area contributed by atoms with Gasteiger partial charge in [-0.05, 0) is 12.1 Å². The van der Waals surface area contributed by atoms with Crippen LogP contribution in [-0.4, -0.2) is 18.3 Å². The Labute approximate surface area is 88.6 Å². The van der Waals surface area contributed by atoms with Gasteiger partial charge in [0.25, 0.3) is 0 Å². The van der Waals surface area contributed by atoms with E-state index in [1.54, 1.807) is 0 Å². The molecule has 0 atom stereocenters. The molecular formula is C9H8BrFO3. The van der Waals surface area contributed by atoms with Gasteiger partial charge in [-0.25, -0.2) is 4.39 Å². The fourth-order valence-electron chi connectivity index (χ4n) is 1.27. The molecule has 5 heteroatoms. The number of hydrogen-bond acceptors (Lipinski definition) is 3. The molecule has 0 amide bonds. The molecule has 1 N–H and O–H groups in total. The minimum absolute atomic E-state index is 0.401. The van der Waals surface area contributed by atoms with Crippen LogP contribution in [0, 0.1) is 5.82 Å². The molecule has 0 bridgehead atoms. The Bertz CT molecular complexity index is 350. The summed E-state index contributed by atoms with van der Waals surface area (Å²) in [6.07, 6.45) is -0.518. The maximum atomic E-state index is 12.9. The molecule has 0 aromatic heterocycles. The first kappa shape index (κ1) is 9.89. The highest BCUT2D eigenvalue weighted by Gasteiger charge is 2.22. The first-order valence-electron chi connectivity index (χ1n) is 4.09. The van der Waals surface area contributed by atoms with E-state index in [1.807, 2.05) is 0 Å². The Morgan fingerprint density at radius 2 is 2.00 bits per heavy atom. The molecule has 1 aliphatic heterocycles. The van der Waals surface area contributed by atoms with Crippen molar-refractivity contribution in [3.8, 4) is 5.75 Å². The van der Waals surface area contributed by atoms with E-state index in [-0.39, 0.29) is 0 Å². The fourth-order valence-corrected chi connectivity index (χ4v) is 1.77. The Morgan fingerprint density at radius 3 is 2.64 bits per heavy atom. The highest BCUT2D eigenvalue weighted by molar-refractivity contribution is 9.10. The van der Waals surface area contributed by atoms with Gasteiger partial charge in [0.2, 0.25) is 0 Å². The van der Waals surface area contributed by atoms with E-state index >= 15 is 0 Å². The summed E-state index contributed by atoms with van der Waals surface area (Å²) in [7, 11) is 0. The summed E-state index contributed by atoms with van der Waals surface area (Å²) >= 11 is 3.18. The van der Waals surface area contributed by atoms with Gasteiger partial charge in [-0.1, -0.05) is 15.9 Å². The lowest BCUT2D eigenvalue weighted by atomic mass is 10.2. The Kier molecular flexibility index (Phi) is 2.71. The van der Waals surface area contributed by atoms with Gasteiger partial charge in [-0.3, -0.25) is 0 Å². The van der Waals surface area contributed by atoms with Crippen molar-refractivity contribution in [2.45, 2.75) is 6.29 Å². The Morgan fingerprint density at radius 1 is 1.36 bits per heavy atom. The largest absolute Gasteiger partial charge is 0.505 e. The first-order chi connectivity index (χ1) is 6.68. The van der Waals surface area contributed by atoms with E-state index < -0.39 is 17.9 Å². The van der Waals surface area contributed by atoms with Gasteiger partial charge in [0.15, 0.2) is 17.9 Å². The number of phenolic OH excluding ortho intramolecular Hbond substituents is 1. The minimum atomic E-state index is -0.668. The van der Waals surface area contributed by atoms with E-state index in [1.165, 1.54) is 12.1 Å². The van der Waals surface area contributed by atoms with Crippen LogP contribution in [0.2, 0.25) is 0 Å².